The van der Waals surface area contributed by atoms with Gasteiger partial charge in [0.1, 0.15) is 11.6 Å². The summed E-state index contributed by atoms with van der Waals surface area (Å²) < 4.78 is 13.6. The fraction of sp³-hybridized carbons (Fsp3) is 0.478. The lowest BCUT2D eigenvalue weighted by Crippen LogP contribution is -2.44. The molecule has 4 rings (SSSR count). The third-order valence-corrected chi connectivity index (χ3v) is 6.20. The number of pyridine rings is 1. The molecular weight excluding hydrogens is 506 g/mol. The third kappa shape index (κ3) is 6.06. The van der Waals surface area contributed by atoms with E-state index in [4.69, 9.17) is 0 Å². The maximum absolute atomic E-state index is 13.6. The molecule has 0 unspecified atom stereocenters. The van der Waals surface area contributed by atoms with Gasteiger partial charge in [0.05, 0.1) is 0 Å². The number of anilines is 1. The lowest BCUT2D eigenvalue weighted by atomic mass is 9.96. The van der Waals surface area contributed by atoms with Crippen LogP contribution in [0.25, 0.3) is 0 Å². The van der Waals surface area contributed by atoms with Crippen LogP contribution in [-0.4, -0.2) is 62.7 Å². The first-order valence-corrected chi connectivity index (χ1v) is 10.7. The highest BCUT2D eigenvalue weighted by Gasteiger charge is 2.44. The molecule has 1 aromatic heterocycles. The van der Waals surface area contributed by atoms with Crippen molar-refractivity contribution < 1.29 is 4.39 Å². The Morgan fingerprint density at radius 2 is 1.90 bits per heavy atom. The molecule has 0 bridgehead atoms. The summed E-state index contributed by atoms with van der Waals surface area (Å²) in [5.41, 5.74) is 2.20. The van der Waals surface area contributed by atoms with Gasteiger partial charge in [-0.3, -0.25) is 4.99 Å². The second-order valence-corrected chi connectivity index (χ2v) is 8.38. The van der Waals surface area contributed by atoms with Crippen molar-refractivity contribution in [1.29, 1.82) is 0 Å². The summed E-state index contributed by atoms with van der Waals surface area (Å²) >= 11 is 0. The van der Waals surface area contributed by atoms with Gasteiger partial charge < -0.3 is 20.4 Å². The fourth-order valence-corrected chi connectivity index (χ4v) is 3.94. The molecular formula is C23H32FIN6. The van der Waals surface area contributed by atoms with E-state index in [9.17, 15) is 4.39 Å². The number of hydrogen-bond acceptors (Lipinski definition) is 4. The van der Waals surface area contributed by atoms with Crippen LogP contribution in [0.3, 0.4) is 0 Å². The summed E-state index contributed by atoms with van der Waals surface area (Å²) in [6.07, 6.45) is 4.07. The average Bonchev–Trinajstić information content (AvgIpc) is 3.56. The van der Waals surface area contributed by atoms with Crippen molar-refractivity contribution in [1.82, 2.24) is 20.5 Å². The van der Waals surface area contributed by atoms with Crippen molar-refractivity contribution in [2.75, 3.05) is 51.7 Å². The molecule has 0 radical (unpaired) electrons. The molecule has 0 spiro atoms. The van der Waals surface area contributed by atoms with E-state index in [-0.39, 0.29) is 35.2 Å². The smallest absolute Gasteiger partial charge is 0.191 e. The van der Waals surface area contributed by atoms with Crippen LogP contribution in [-0.2, 0) is 12.0 Å². The summed E-state index contributed by atoms with van der Waals surface area (Å²) in [5, 5.41) is 6.77. The van der Waals surface area contributed by atoms with Crippen LogP contribution in [0, 0.1) is 5.82 Å². The molecule has 8 heteroatoms. The van der Waals surface area contributed by atoms with E-state index < -0.39 is 0 Å². The number of nitrogens with one attached hydrogen (secondary N) is 2. The largest absolute Gasteiger partial charge is 0.356 e. The molecule has 0 amide bonds. The van der Waals surface area contributed by atoms with E-state index in [0.29, 0.717) is 6.54 Å². The van der Waals surface area contributed by atoms with Gasteiger partial charge in [-0.2, -0.15) is 0 Å². The molecule has 1 aromatic carbocycles. The van der Waals surface area contributed by atoms with E-state index in [0.717, 1.165) is 68.5 Å². The van der Waals surface area contributed by atoms with E-state index >= 15 is 0 Å². The second-order valence-electron chi connectivity index (χ2n) is 8.38. The van der Waals surface area contributed by atoms with Crippen LogP contribution < -0.4 is 15.5 Å². The predicted octanol–water partition coefficient (Wildman–Crippen LogP) is 2.99. The van der Waals surface area contributed by atoms with Crippen LogP contribution in [0.1, 0.15) is 24.0 Å². The Morgan fingerprint density at radius 3 is 2.52 bits per heavy atom. The summed E-state index contributed by atoms with van der Waals surface area (Å²) in [6.45, 7) is 5.59. The molecule has 6 nitrogen and oxygen atoms in total. The van der Waals surface area contributed by atoms with E-state index in [1.165, 1.54) is 6.07 Å². The zero-order valence-corrected chi connectivity index (χ0v) is 20.6. The molecule has 168 valence electrons. The number of piperazine rings is 1. The van der Waals surface area contributed by atoms with Gasteiger partial charge in [-0.25, -0.2) is 9.37 Å². The number of guanidine groups is 1. The molecule has 1 aliphatic heterocycles. The van der Waals surface area contributed by atoms with Crippen molar-refractivity contribution in [2.24, 2.45) is 4.99 Å². The van der Waals surface area contributed by atoms with Gasteiger partial charge in [0.2, 0.25) is 0 Å². The Hall–Kier alpha value is -1.94. The first-order valence-electron chi connectivity index (χ1n) is 10.7. The molecule has 1 saturated heterocycles. The summed E-state index contributed by atoms with van der Waals surface area (Å²) in [6, 6.07) is 11.2. The van der Waals surface area contributed by atoms with E-state index in [1.54, 1.807) is 19.2 Å². The number of benzene rings is 1. The molecule has 2 N–H and O–H groups in total. The zero-order chi connectivity index (χ0) is 21.0. The van der Waals surface area contributed by atoms with Crippen molar-refractivity contribution in [3.63, 3.8) is 0 Å². The quantitative estimate of drug-likeness (QED) is 0.337. The third-order valence-electron chi connectivity index (χ3n) is 6.20. The number of nitrogens with zero attached hydrogens (tertiary/aromatic N) is 4. The minimum absolute atomic E-state index is 0. The van der Waals surface area contributed by atoms with Crippen molar-refractivity contribution in [2.45, 2.75) is 24.8 Å². The van der Waals surface area contributed by atoms with Crippen molar-refractivity contribution >= 4 is 35.8 Å². The summed E-state index contributed by atoms with van der Waals surface area (Å²) in [4.78, 5) is 13.6. The van der Waals surface area contributed by atoms with Gasteiger partial charge in [-0.15, -0.1) is 24.0 Å². The molecule has 2 fully saturated rings. The Kier molecular flexibility index (Phi) is 8.10. The number of rotatable bonds is 6. The Balaban J connectivity index is 0.00000272. The van der Waals surface area contributed by atoms with Gasteiger partial charge in [-0.1, -0.05) is 18.2 Å². The van der Waals surface area contributed by atoms with Crippen LogP contribution >= 0.6 is 24.0 Å². The number of likely N-dealkylation sites (N-methyl/N-ethyl adjacent to an activating group) is 1. The van der Waals surface area contributed by atoms with E-state index in [1.807, 2.05) is 12.3 Å². The standard InChI is InChI=1S/C23H31FN6.HI/c1-25-22(28-17-23(8-9-23)19-4-3-5-20(24)14-19)27-16-18-6-7-21(26-15-18)30-12-10-29(2)11-13-30;/h3-7,14-15H,8-13,16-17H2,1-2H3,(H2,25,27,28);1H. The van der Waals surface area contributed by atoms with E-state index in [2.05, 4.69) is 49.6 Å². The molecule has 31 heavy (non-hydrogen) atoms. The Bertz CT molecular complexity index is 876. The van der Waals surface area contributed by atoms with Crippen molar-refractivity contribution in [3.05, 3.63) is 59.5 Å². The molecule has 0 atom stereocenters. The average molecular weight is 538 g/mol. The number of aromatic nitrogens is 1. The first kappa shape index (κ1) is 23.7. The van der Waals surface area contributed by atoms with Gasteiger partial charge in [0, 0.05) is 57.9 Å². The minimum Gasteiger partial charge on any atom is -0.356 e. The molecule has 2 heterocycles. The highest BCUT2D eigenvalue weighted by Crippen LogP contribution is 2.47. The molecule has 2 aliphatic rings. The topological polar surface area (TPSA) is 55.8 Å². The van der Waals surface area contributed by atoms with Crippen LogP contribution in [0.15, 0.2) is 47.6 Å². The van der Waals surface area contributed by atoms with Crippen molar-refractivity contribution in [3.8, 4) is 0 Å². The summed E-state index contributed by atoms with van der Waals surface area (Å²) in [7, 11) is 3.93. The SMILES string of the molecule is CN=C(NCc1ccc(N2CCN(C)CC2)nc1)NCC1(c2cccc(F)c2)CC1.I. The number of hydrogen-bond donors (Lipinski definition) is 2. The molecule has 1 saturated carbocycles. The number of aliphatic imine (C=N–C) groups is 1. The maximum Gasteiger partial charge on any atom is 0.191 e. The highest BCUT2D eigenvalue weighted by atomic mass is 127. The highest BCUT2D eigenvalue weighted by molar-refractivity contribution is 14.0. The normalized spacial score (nSPS) is 18.3. The molecule has 1 aliphatic carbocycles. The maximum atomic E-state index is 13.6. The Labute approximate surface area is 201 Å². The van der Waals surface area contributed by atoms with Gasteiger partial charge in [0.25, 0.3) is 0 Å². The fourth-order valence-electron chi connectivity index (χ4n) is 3.94. The monoisotopic (exact) mass is 538 g/mol. The van der Waals surface area contributed by atoms with Crippen LogP contribution in [0.4, 0.5) is 10.2 Å². The van der Waals surface area contributed by atoms with Crippen LogP contribution in [0.5, 0.6) is 0 Å². The summed E-state index contributed by atoms with van der Waals surface area (Å²) in [5.74, 6) is 1.62. The number of halogens is 2. The minimum atomic E-state index is -0.172. The Morgan fingerprint density at radius 1 is 1.13 bits per heavy atom. The van der Waals surface area contributed by atoms with Gasteiger partial charge in [0.15, 0.2) is 5.96 Å². The molecule has 2 aromatic rings. The second kappa shape index (κ2) is 10.6. The van der Waals surface area contributed by atoms with Gasteiger partial charge >= 0.3 is 0 Å². The predicted molar refractivity (Wildman–Crippen MR) is 135 cm³/mol. The van der Waals surface area contributed by atoms with Crippen LogP contribution in [0.2, 0.25) is 0 Å². The lowest BCUT2D eigenvalue weighted by Gasteiger charge is -2.33. The zero-order valence-electron chi connectivity index (χ0n) is 18.3. The lowest BCUT2D eigenvalue weighted by molar-refractivity contribution is 0.312. The van der Waals surface area contributed by atoms with Gasteiger partial charge in [-0.05, 0) is 49.2 Å². The first-order chi connectivity index (χ1) is 14.6.